The molecule has 1 fully saturated rings. The third-order valence-corrected chi connectivity index (χ3v) is 3.52. The Labute approximate surface area is 121 Å². The number of nitrogens with one attached hydrogen (secondary N) is 2. The second-order valence-electron chi connectivity index (χ2n) is 6.60. The van der Waals surface area contributed by atoms with Crippen molar-refractivity contribution in [2.24, 2.45) is 5.41 Å². The van der Waals surface area contributed by atoms with Crippen LogP contribution in [0.1, 0.15) is 27.2 Å². The second-order valence-corrected chi connectivity index (χ2v) is 6.60. The van der Waals surface area contributed by atoms with Gasteiger partial charge in [-0.25, -0.2) is 0 Å². The molecule has 1 aliphatic rings. The van der Waals surface area contributed by atoms with Crippen LogP contribution in [0.15, 0.2) is 6.07 Å². The molecule has 0 radical (unpaired) electrons. The normalized spacial score (nSPS) is 16.1. The summed E-state index contributed by atoms with van der Waals surface area (Å²) < 4.78 is 0. The number of nitrogen functional groups attached to an aromatic ring is 1. The van der Waals surface area contributed by atoms with Gasteiger partial charge in [0.15, 0.2) is 0 Å². The predicted octanol–water partition coefficient (Wildman–Crippen LogP) is 1.31. The minimum absolute atomic E-state index is 0.311. The van der Waals surface area contributed by atoms with Gasteiger partial charge in [0, 0.05) is 31.7 Å². The first-order chi connectivity index (χ1) is 9.37. The number of rotatable bonds is 5. The fourth-order valence-electron chi connectivity index (χ4n) is 2.12. The Balaban J connectivity index is 1.95. The van der Waals surface area contributed by atoms with E-state index in [0.717, 1.165) is 37.7 Å². The van der Waals surface area contributed by atoms with E-state index in [4.69, 9.17) is 5.73 Å². The molecule has 1 saturated heterocycles. The van der Waals surface area contributed by atoms with Crippen LogP contribution >= 0.6 is 0 Å². The van der Waals surface area contributed by atoms with Gasteiger partial charge in [0.2, 0.25) is 5.95 Å². The molecule has 0 atom stereocenters. The van der Waals surface area contributed by atoms with Crippen molar-refractivity contribution in [3.05, 3.63) is 6.07 Å². The Morgan fingerprint density at radius 2 is 2.05 bits per heavy atom. The van der Waals surface area contributed by atoms with Gasteiger partial charge in [0.1, 0.15) is 11.6 Å². The molecule has 4 N–H and O–H groups in total. The molecule has 0 amide bonds. The van der Waals surface area contributed by atoms with Crippen LogP contribution in [0.25, 0.3) is 0 Å². The van der Waals surface area contributed by atoms with Gasteiger partial charge in [-0.05, 0) is 18.9 Å². The van der Waals surface area contributed by atoms with Crippen LogP contribution in [0.4, 0.5) is 17.6 Å². The van der Waals surface area contributed by atoms with Gasteiger partial charge in [-0.15, -0.1) is 0 Å². The molecule has 0 unspecified atom stereocenters. The van der Waals surface area contributed by atoms with Gasteiger partial charge in [0.05, 0.1) is 0 Å². The summed E-state index contributed by atoms with van der Waals surface area (Å²) in [7, 11) is 1.98. The molecule has 112 valence electrons. The SMILES string of the molecule is CNC1CN(c2cc(NCCC(C)(C)C)nc(N)n2)C1. The third kappa shape index (κ3) is 3.96. The van der Waals surface area contributed by atoms with Crippen LogP contribution in [-0.2, 0) is 0 Å². The Morgan fingerprint density at radius 1 is 1.35 bits per heavy atom. The molecule has 1 aromatic heterocycles. The van der Waals surface area contributed by atoms with E-state index in [9.17, 15) is 0 Å². The van der Waals surface area contributed by atoms with E-state index >= 15 is 0 Å². The highest BCUT2D eigenvalue weighted by molar-refractivity contribution is 5.54. The largest absolute Gasteiger partial charge is 0.370 e. The molecule has 2 heterocycles. The Morgan fingerprint density at radius 3 is 2.65 bits per heavy atom. The molecule has 6 nitrogen and oxygen atoms in total. The third-order valence-electron chi connectivity index (χ3n) is 3.52. The van der Waals surface area contributed by atoms with Crippen LogP contribution in [0.3, 0.4) is 0 Å². The highest BCUT2D eigenvalue weighted by Gasteiger charge is 2.26. The number of likely N-dealkylation sites (N-methyl/N-ethyl adjacent to an activating group) is 1. The van der Waals surface area contributed by atoms with E-state index in [2.05, 4.69) is 46.3 Å². The molecule has 0 saturated carbocycles. The standard InChI is InChI=1S/C14H26N6/c1-14(2,3)5-6-17-11-7-12(19-13(15)18-11)20-8-10(9-20)16-4/h7,10,16H,5-6,8-9H2,1-4H3,(H3,15,17,18,19). The molecule has 0 aliphatic carbocycles. The van der Waals surface area contributed by atoms with Crippen molar-refractivity contribution in [3.8, 4) is 0 Å². The van der Waals surface area contributed by atoms with Crippen LogP contribution in [0.5, 0.6) is 0 Å². The summed E-state index contributed by atoms with van der Waals surface area (Å²) in [5.74, 6) is 2.04. The van der Waals surface area contributed by atoms with Crippen LogP contribution < -0.4 is 21.3 Å². The summed E-state index contributed by atoms with van der Waals surface area (Å²) in [6.45, 7) is 9.51. The summed E-state index contributed by atoms with van der Waals surface area (Å²) in [6.07, 6.45) is 1.08. The van der Waals surface area contributed by atoms with Crippen molar-refractivity contribution in [1.82, 2.24) is 15.3 Å². The smallest absolute Gasteiger partial charge is 0.223 e. The maximum atomic E-state index is 5.80. The predicted molar refractivity (Wildman–Crippen MR) is 84.1 cm³/mol. The highest BCUT2D eigenvalue weighted by Crippen LogP contribution is 2.23. The molecule has 20 heavy (non-hydrogen) atoms. The van der Waals surface area contributed by atoms with E-state index in [1.165, 1.54) is 0 Å². The summed E-state index contributed by atoms with van der Waals surface area (Å²) in [5.41, 5.74) is 6.11. The maximum absolute atomic E-state index is 5.80. The molecule has 6 heteroatoms. The molecule has 0 aromatic carbocycles. The van der Waals surface area contributed by atoms with Crippen LogP contribution in [-0.4, -0.2) is 42.7 Å². The molecular weight excluding hydrogens is 252 g/mol. The molecule has 0 spiro atoms. The van der Waals surface area contributed by atoms with E-state index < -0.39 is 0 Å². The lowest BCUT2D eigenvalue weighted by Crippen LogP contribution is -2.57. The fraction of sp³-hybridized carbons (Fsp3) is 0.714. The Kier molecular flexibility index (Phi) is 4.32. The fourth-order valence-corrected chi connectivity index (χ4v) is 2.12. The van der Waals surface area contributed by atoms with Crippen molar-refractivity contribution in [3.63, 3.8) is 0 Å². The number of hydrogen-bond donors (Lipinski definition) is 3. The first kappa shape index (κ1) is 14.8. The molecule has 1 aromatic rings. The highest BCUT2D eigenvalue weighted by atomic mass is 15.3. The maximum Gasteiger partial charge on any atom is 0.223 e. The van der Waals surface area contributed by atoms with E-state index in [-0.39, 0.29) is 0 Å². The van der Waals surface area contributed by atoms with Crippen molar-refractivity contribution < 1.29 is 0 Å². The van der Waals surface area contributed by atoms with Crippen LogP contribution in [0.2, 0.25) is 0 Å². The zero-order valence-corrected chi connectivity index (χ0v) is 12.9. The average molecular weight is 278 g/mol. The van der Waals surface area contributed by atoms with E-state index in [1.54, 1.807) is 0 Å². The lowest BCUT2D eigenvalue weighted by Gasteiger charge is -2.40. The molecule has 0 bridgehead atoms. The summed E-state index contributed by atoms with van der Waals surface area (Å²) >= 11 is 0. The minimum atomic E-state index is 0.311. The Hall–Kier alpha value is -1.56. The van der Waals surface area contributed by atoms with Crippen molar-refractivity contribution >= 4 is 17.6 Å². The second kappa shape index (κ2) is 5.83. The van der Waals surface area contributed by atoms with Crippen molar-refractivity contribution in [2.75, 3.05) is 42.6 Å². The van der Waals surface area contributed by atoms with Crippen molar-refractivity contribution in [1.29, 1.82) is 0 Å². The molecular formula is C14H26N6. The average Bonchev–Trinajstić information content (AvgIpc) is 2.25. The number of aromatic nitrogens is 2. The van der Waals surface area contributed by atoms with Gasteiger partial charge >= 0.3 is 0 Å². The number of anilines is 3. The lowest BCUT2D eigenvalue weighted by molar-refractivity contribution is 0.389. The van der Waals surface area contributed by atoms with Gasteiger partial charge < -0.3 is 21.3 Å². The molecule has 1 aliphatic heterocycles. The Bertz CT molecular complexity index is 447. The minimum Gasteiger partial charge on any atom is -0.370 e. The summed E-state index contributed by atoms with van der Waals surface area (Å²) in [5, 5.41) is 6.59. The van der Waals surface area contributed by atoms with Crippen LogP contribution in [0, 0.1) is 5.41 Å². The summed E-state index contributed by atoms with van der Waals surface area (Å²) in [4.78, 5) is 10.8. The van der Waals surface area contributed by atoms with E-state index in [0.29, 0.717) is 17.4 Å². The first-order valence-electron chi connectivity index (χ1n) is 7.18. The zero-order valence-electron chi connectivity index (χ0n) is 12.9. The monoisotopic (exact) mass is 278 g/mol. The number of nitrogens with two attached hydrogens (primary N) is 1. The van der Waals surface area contributed by atoms with Crippen molar-refractivity contribution in [2.45, 2.75) is 33.2 Å². The zero-order chi connectivity index (χ0) is 14.8. The lowest BCUT2D eigenvalue weighted by atomic mass is 9.92. The number of hydrogen-bond acceptors (Lipinski definition) is 6. The topological polar surface area (TPSA) is 79.1 Å². The number of nitrogens with zero attached hydrogens (tertiary/aromatic N) is 3. The quantitative estimate of drug-likeness (QED) is 0.754. The van der Waals surface area contributed by atoms with Gasteiger partial charge in [0.25, 0.3) is 0 Å². The summed E-state index contributed by atoms with van der Waals surface area (Å²) in [6, 6.07) is 2.52. The van der Waals surface area contributed by atoms with Gasteiger partial charge in [-0.2, -0.15) is 9.97 Å². The first-order valence-corrected chi connectivity index (χ1v) is 7.18. The van der Waals surface area contributed by atoms with Gasteiger partial charge in [-0.1, -0.05) is 20.8 Å². The van der Waals surface area contributed by atoms with Gasteiger partial charge in [-0.3, -0.25) is 0 Å². The van der Waals surface area contributed by atoms with E-state index in [1.807, 2.05) is 13.1 Å². The molecule has 2 rings (SSSR count).